The van der Waals surface area contributed by atoms with E-state index in [1.54, 1.807) is 6.20 Å². The van der Waals surface area contributed by atoms with E-state index in [0.717, 1.165) is 11.3 Å². The number of rotatable bonds is 1. The van der Waals surface area contributed by atoms with Crippen LogP contribution >= 0.6 is 0 Å². The van der Waals surface area contributed by atoms with Gasteiger partial charge in [-0.15, -0.1) is 0 Å². The summed E-state index contributed by atoms with van der Waals surface area (Å²) in [7, 11) is 3.97. The molecule has 92 valence electrons. The average molecular weight is 240 g/mol. The summed E-state index contributed by atoms with van der Waals surface area (Å²) in [6, 6.07) is 6.32. The summed E-state index contributed by atoms with van der Waals surface area (Å²) in [5.41, 5.74) is 11.3. The number of nitrogens with two attached hydrogens (primary N) is 1. The van der Waals surface area contributed by atoms with Gasteiger partial charge in [-0.1, -0.05) is 12.1 Å². The van der Waals surface area contributed by atoms with Crippen molar-refractivity contribution < 1.29 is 0 Å². The Kier molecular flexibility index (Phi) is 2.20. The smallest absolute Gasteiger partial charge is 0.0930 e. The molecule has 2 heterocycles. The maximum Gasteiger partial charge on any atom is 0.0930 e. The normalized spacial score (nSPS) is 11.3. The maximum atomic E-state index is 6.03. The predicted molar refractivity (Wildman–Crippen MR) is 74.3 cm³/mol. The molecular formula is C14H16N4. The van der Waals surface area contributed by atoms with Gasteiger partial charge in [0.25, 0.3) is 0 Å². The van der Waals surface area contributed by atoms with Crippen molar-refractivity contribution in [3.8, 4) is 11.3 Å². The van der Waals surface area contributed by atoms with E-state index in [1.807, 2.05) is 11.7 Å². The standard InChI is InChI=1S/C14H16N4/c1-9-5-4-6-12-13(9)10(8-17(12)2)14-11(15)7-16-18(14)3/h4-8H,15H2,1-3H3. The zero-order valence-corrected chi connectivity index (χ0v) is 10.8. The monoisotopic (exact) mass is 240 g/mol. The molecule has 0 bridgehead atoms. The maximum absolute atomic E-state index is 6.03. The van der Waals surface area contributed by atoms with Crippen molar-refractivity contribution in [1.82, 2.24) is 14.3 Å². The molecule has 2 N–H and O–H groups in total. The number of nitrogens with zero attached hydrogens (tertiary/aromatic N) is 3. The number of aromatic nitrogens is 3. The second-order valence-electron chi connectivity index (χ2n) is 4.69. The van der Waals surface area contributed by atoms with Gasteiger partial charge in [-0.05, 0) is 18.6 Å². The van der Waals surface area contributed by atoms with E-state index >= 15 is 0 Å². The van der Waals surface area contributed by atoms with Crippen molar-refractivity contribution in [2.45, 2.75) is 6.92 Å². The molecule has 3 aromatic rings. The van der Waals surface area contributed by atoms with Crippen LogP contribution in [0, 0.1) is 6.92 Å². The molecule has 4 heteroatoms. The molecule has 0 aliphatic heterocycles. The molecule has 1 aromatic carbocycles. The lowest BCUT2D eigenvalue weighted by Crippen LogP contribution is -1.95. The van der Waals surface area contributed by atoms with Crippen LogP contribution in [0.4, 0.5) is 5.69 Å². The first-order valence-electron chi connectivity index (χ1n) is 5.92. The van der Waals surface area contributed by atoms with Crippen LogP contribution in [0.1, 0.15) is 5.56 Å². The number of nitrogen functional groups attached to an aromatic ring is 1. The van der Waals surface area contributed by atoms with Crippen LogP contribution in [0.3, 0.4) is 0 Å². The van der Waals surface area contributed by atoms with Crippen molar-refractivity contribution in [1.29, 1.82) is 0 Å². The fourth-order valence-corrected chi connectivity index (χ4v) is 2.59. The van der Waals surface area contributed by atoms with E-state index in [4.69, 9.17) is 5.73 Å². The summed E-state index contributed by atoms with van der Waals surface area (Å²) in [6.07, 6.45) is 3.82. The summed E-state index contributed by atoms with van der Waals surface area (Å²) in [5.74, 6) is 0. The zero-order chi connectivity index (χ0) is 12.9. The van der Waals surface area contributed by atoms with E-state index in [-0.39, 0.29) is 0 Å². The van der Waals surface area contributed by atoms with Crippen LogP contribution < -0.4 is 5.73 Å². The lowest BCUT2D eigenvalue weighted by atomic mass is 10.0. The summed E-state index contributed by atoms with van der Waals surface area (Å²) in [4.78, 5) is 0. The third-order valence-electron chi connectivity index (χ3n) is 3.45. The molecule has 4 nitrogen and oxygen atoms in total. The van der Waals surface area contributed by atoms with Crippen molar-refractivity contribution >= 4 is 16.6 Å². The van der Waals surface area contributed by atoms with Gasteiger partial charge >= 0.3 is 0 Å². The van der Waals surface area contributed by atoms with E-state index in [0.29, 0.717) is 5.69 Å². The molecule has 2 aromatic heterocycles. The number of hydrogen-bond acceptors (Lipinski definition) is 2. The Labute approximate surface area is 106 Å². The van der Waals surface area contributed by atoms with Crippen molar-refractivity contribution in [3.05, 3.63) is 36.2 Å². The van der Waals surface area contributed by atoms with Crippen LogP contribution in [0.5, 0.6) is 0 Å². The molecule has 0 saturated heterocycles. The largest absolute Gasteiger partial charge is 0.396 e. The molecule has 0 amide bonds. The van der Waals surface area contributed by atoms with Gasteiger partial charge in [0.05, 0.1) is 17.6 Å². The number of fused-ring (bicyclic) bond motifs is 1. The van der Waals surface area contributed by atoms with Crippen molar-refractivity contribution in [2.24, 2.45) is 14.1 Å². The average Bonchev–Trinajstić information content (AvgIpc) is 2.82. The van der Waals surface area contributed by atoms with Gasteiger partial charge in [0.15, 0.2) is 0 Å². The molecule has 0 unspecified atom stereocenters. The lowest BCUT2D eigenvalue weighted by Gasteiger charge is -2.04. The molecule has 0 saturated carbocycles. The molecule has 0 aliphatic carbocycles. The van der Waals surface area contributed by atoms with E-state index < -0.39 is 0 Å². The minimum Gasteiger partial charge on any atom is -0.396 e. The minimum absolute atomic E-state index is 0.716. The Morgan fingerprint density at radius 2 is 2.00 bits per heavy atom. The van der Waals surface area contributed by atoms with Crippen LogP contribution in [-0.4, -0.2) is 14.3 Å². The highest BCUT2D eigenvalue weighted by Gasteiger charge is 2.15. The fourth-order valence-electron chi connectivity index (χ4n) is 2.59. The Morgan fingerprint density at radius 3 is 2.67 bits per heavy atom. The van der Waals surface area contributed by atoms with E-state index in [9.17, 15) is 0 Å². The molecule has 0 spiro atoms. The molecule has 18 heavy (non-hydrogen) atoms. The lowest BCUT2D eigenvalue weighted by molar-refractivity contribution is 0.776. The second-order valence-corrected chi connectivity index (χ2v) is 4.69. The summed E-state index contributed by atoms with van der Waals surface area (Å²) in [6.45, 7) is 2.12. The Morgan fingerprint density at radius 1 is 1.22 bits per heavy atom. The summed E-state index contributed by atoms with van der Waals surface area (Å²) < 4.78 is 3.96. The Hall–Kier alpha value is -2.23. The number of aryl methyl sites for hydroxylation is 3. The first-order valence-corrected chi connectivity index (χ1v) is 5.92. The van der Waals surface area contributed by atoms with Gasteiger partial charge in [0.1, 0.15) is 0 Å². The fraction of sp³-hybridized carbons (Fsp3) is 0.214. The predicted octanol–water partition coefficient (Wildman–Crippen LogP) is 2.47. The number of benzene rings is 1. The van der Waals surface area contributed by atoms with Crippen molar-refractivity contribution in [3.63, 3.8) is 0 Å². The first-order chi connectivity index (χ1) is 8.59. The van der Waals surface area contributed by atoms with Crippen LogP contribution in [-0.2, 0) is 14.1 Å². The summed E-state index contributed by atoms with van der Waals surface area (Å²) >= 11 is 0. The molecular weight excluding hydrogens is 224 g/mol. The van der Waals surface area contributed by atoms with E-state index in [2.05, 4.69) is 48.0 Å². The number of hydrogen-bond donors (Lipinski definition) is 1. The Balaban J connectivity index is 2.44. The first kappa shape index (κ1) is 10.9. The van der Waals surface area contributed by atoms with Gasteiger partial charge in [-0.3, -0.25) is 4.68 Å². The van der Waals surface area contributed by atoms with Gasteiger partial charge in [0, 0.05) is 36.8 Å². The van der Waals surface area contributed by atoms with E-state index in [1.165, 1.54) is 16.5 Å². The molecule has 0 radical (unpaired) electrons. The van der Waals surface area contributed by atoms with Gasteiger partial charge in [-0.25, -0.2) is 0 Å². The minimum atomic E-state index is 0.716. The molecule has 0 atom stereocenters. The van der Waals surface area contributed by atoms with Gasteiger partial charge in [0.2, 0.25) is 0 Å². The highest BCUT2D eigenvalue weighted by atomic mass is 15.3. The van der Waals surface area contributed by atoms with Crippen molar-refractivity contribution in [2.75, 3.05) is 5.73 Å². The van der Waals surface area contributed by atoms with Crippen LogP contribution in [0.25, 0.3) is 22.2 Å². The van der Waals surface area contributed by atoms with Crippen LogP contribution in [0.15, 0.2) is 30.6 Å². The highest BCUT2D eigenvalue weighted by Crippen LogP contribution is 2.34. The third-order valence-corrected chi connectivity index (χ3v) is 3.45. The third kappa shape index (κ3) is 1.35. The molecule has 3 rings (SSSR count). The topological polar surface area (TPSA) is 48.8 Å². The number of anilines is 1. The molecule has 0 aliphatic rings. The SMILES string of the molecule is Cc1cccc2c1c(-c1c(N)cnn1C)cn2C. The quantitative estimate of drug-likeness (QED) is 0.710. The van der Waals surface area contributed by atoms with Gasteiger partial charge in [-0.2, -0.15) is 5.10 Å². The Bertz CT molecular complexity index is 714. The highest BCUT2D eigenvalue weighted by molar-refractivity contribution is 5.99. The van der Waals surface area contributed by atoms with Crippen LogP contribution in [0.2, 0.25) is 0 Å². The van der Waals surface area contributed by atoms with Gasteiger partial charge < -0.3 is 10.3 Å². The summed E-state index contributed by atoms with van der Waals surface area (Å²) in [5, 5.41) is 5.47. The second kappa shape index (κ2) is 3.63. The zero-order valence-electron chi connectivity index (χ0n) is 10.8. The molecule has 0 fully saturated rings.